The monoisotopic (exact) mass is 437 g/mol. The lowest BCUT2D eigenvalue weighted by Gasteiger charge is -2.21. The molecule has 0 saturated heterocycles. The molecule has 6 nitrogen and oxygen atoms in total. The Bertz CT molecular complexity index is 1250. The minimum Gasteiger partial charge on any atom is -0.428 e. The fourth-order valence-corrected chi connectivity index (χ4v) is 4.80. The number of fused-ring (bicyclic) bond motifs is 5. The van der Waals surface area contributed by atoms with Gasteiger partial charge in [-0.05, 0) is 31.2 Å². The number of hydrogen-bond donors (Lipinski definition) is 0. The summed E-state index contributed by atoms with van der Waals surface area (Å²) >= 11 is 1.63. The van der Waals surface area contributed by atoms with Crippen LogP contribution in [0.25, 0.3) is 27.3 Å². The second kappa shape index (κ2) is 6.88. The number of benzene rings is 1. The van der Waals surface area contributed by atoms with Crippen molar-refractivity contribution in [1.82, 2.24) is 24.5 Å². The number of thiophene rings is 1. The van der Waals surface area contributed by atoms with Crippen LogP contribution < -0.4 is 4.74 Å². The third-order valence-electron chi connectivity index (χ3n) is 4.97. The molecule has 4 aromatic rings. The fraction of sp³-hybridized carbons (Fsp3) is 0.316. The van der Waals surface area contributed by atoms with Gasteiger partial charge in [0.25, 0.3) is 0 Å². The summed E-state index contributed by atoms with van der Waals surface area (Å²) in [5.41, 5.74) is 2.21. The van der Waals surface area contributed by atoms with E-state index in [-0.39, 0.29) is 5.82 Å². The summed E-state index contributed by atoms with van der Waals surface area (Å²) in [6, 6.07) is 5.42. The van der Waals surface area contributed by atoms with Gasteiger partial charge in [-0.3, -0.25) is 0 Å². The third-order valence-corrected chi connectivity index (χ3v) is 6.09. The molecular weight excluding hydrogens is 422 g/mol. The number of hydrogen-bond acceptors (Lipinski definition) is 6. The maximum Gasteiger partial charge on any atom is 0.461 e. The van der Waals surface area contributed by atoms with Gasteiger partial charge in [0.1, 0.15) is 16.9 Å². The normalized spacial score (nSPS) is 15.3. The van der Waals surface area contributed by atoms with Crippen molar-refractivity contribution < 1.29 is 22.3 Å². The summed E-state index contributed by atoms with van der Waals surface area (Å²) in [6.07, 6.45) is -6.08. The fourth-order valence-electron chi connectivity index (χ4n) is 3.54. The van der Waals surface area contributed by atoms with E-state index in [9.17, 15) is 17.6 Å². The zero-order valence-electron chi connectivity index (χ0n) is 15.6. The summed E-state index contributed by atoms with van der Waals surface area (Å²) < 4.78 is 57.1. The van der Waals surface area contributed by atoms with Crippen LogP contribution in [0.1, 0.15) is 10.4 Å². The van der Waals surface area contributed by atoms with Crippen LogP contribution in [-0.2, 0) is 13.0 Å². The number of halogens is 4. The maximum atomic E-state index is 13.2. The number of ether oxygens (including phenoxy) is 1. The van der Waals surface area contributed by atoms with Crippen LogP contribution in [0.4, 0.5) is 17.6 Å². The van der Waals surface area contributed by atoms with Crippen molar-refractivity contribution >= 4 is 27.2 Å². The van der Waals surface area contributed by atoms with Crippen molar-refractivity contribution in [2.75, 3.05) is 13.6 Å². The molecule has 0 spiro atoms. The summed E-state index contributed by atoms with van der Waals surface area (Å²) in [5.74, 6) is -0.126. The van der Waals surface area contributed by atoms with Gasteiger partial charge < -0.3 is 9.64 Å². The first-order chi connectivity index (χ1) is 14.3. The van der Waals surface area contributed by atoms with Crippen LogP contribution in [0.5, 0.6) is 5.75 Å². The number of rotatable bonds is 4. The van der Waals surface area contributed by atoms with Gasteiger partial charge in [-0.15, -0.1) is 16.4 Å². The van der Waals surface area contributed by atoms with Gasteiger partial charge in [-0.1, -0.05) is 12.1 Å². The Morgan fingerprint density at radius 2 is 2.10 bits per heavy atom. The lowest BCUT2D eigenvalue weighted by Crippen LogP contribution is -2.33. The highest BCUT2D eigenvalue weighted by Gasteiger charge is 2.44. The van der Waals surface area contributed by atoms with E-state index in [0.717, 1.165) is 29.7 Å². The molecule has 0 fully saturated rings. The Balaban J connectivity index is 1.58. The van der Waals surface area contributed by atoms with E-state index >= 15 is 0 Å². The van der Waals surface area contributed by atoms with Crippen molar-refractivity contribution in [3.8, 4) is 17.1 Å². The minimum atomic E-state index is -4.58. The molecule has 0 N–H and O–H groups in total. The van der Waals surface area contributed by atoms with Crippen LogP contribution in [0.2, 0.25) is 0 Å². The maximum absolute atomic E-state index is 13.2. The Morgan fingerprint density at radius 1 is 1.27 bits per heavy atom. The van der Waals surface area contributed by atoms with E-state index < -0.39 is 18.3 Å². The molecular formula is C19H15F4N5OS. The first-order valence-electron chi connectivity index (χ1n) is 9.11. The van der Waals surface area contributed by atoms with Gasteiger partial charge in [0, 0.05) is 23.5 Å². The van der Waals surface area contributed by atoms with E-state index in [4.69, 9.17) is 0 Å². The van der Waals surface area contributed by atoms with Crippen molar-refractivity contribution in [2.24, 2.45) is 0 Å². The highest BCUT2D eigenvalue weighted by atomic mass is 32.1. The van der Waals surface area contributed by atoms with Crippen LogP contribution in [0.3, 0.4) is 0 Å². The highest BCUT2D eigenvalue weighted by Crippen LogP contribution is 2.36. The van der Waals surface area contributed by atoms with Crippen molar-refractivity contribution in [1.29, 1.82) is 0 Å². The SMILES string of the molecule is CN1CCc2c(sc3ncn4nc(-c5cccc(OC(F)(F)C(F)F)c5)nc4c23)C1. The molecule has 1 aliphatic rings. The van der Waals surface area contributed by atoms with E-state index in [1.165, 1.54) is 28.6 Å². The molecule has 156 valence electrons. The molecule has 0 radical (unpaired) electrons. The zero-order valence-corrected chi connectivity index (χ0v) is 16.5. The molecule has 0 saturated carbocycles. The predicted molar refractivity (Wildman–Crippen MR) is 103 cm³/mol. The standard InChI is InChI=1S/C19H15F4N5OS/c1-27-6-5-12-13(8-27)30-17-14(12)16-25-15(26-28(16)9-24-17)10-3-2-4-11(7-10)29-19(22,23)18(20)21/h2-4,7,9,18H,5-6,8H2,1H3. The smallest absolute Gasteiger partial charge is 0.428 e. The van der Waals surface area contributed by atoms with Crippen LogP contribution in [0.15, 0.2) is 30.6 Å². The van der Waals surface area contributed by atoms with E-state index in [0.29, 0.717) is 11.2 Å². The molecule has 5 rings (SSSR count). The van der Waals surface area contributed by atoms with Crippen LogP contribution >= 0.6 is 11.3 Å². The molecule has 1 aromatic carbocycles. The Morgan fingerprint density at radius 3 is 2.90 bits per heavy atom. The molecule has 11 heteroatoms. The molecule has 0 aliphatic carbocycles. The van der Waals surface area contributed by atoms with Crippen molar-refractivity contribution in [2.45, 2.75) is 25.5 Å². The Kier molecular flexibility index (Phi) is 4.40. The van der Waals surface area contributed by atoms with Crippen LogP contribution in [-0.4, -0.2) is 50.6 Å². The van der Waals surface area contributed by atoms with Gasteiger partial charge in [0.05, 0.1) is 5.39 Å². The molecule has 0 unspecified atom stereocenters. The number of aromatic nitrogens is 4. The lowest BCUT2D eigenvalue weighted by molar-refractivity contribution is -0.253. The van der Waals surface area contributed by atoms with E-state index in [2.05, 4.69) is 31.8 Å². The molecule has 1 aliphatic heterocycles. The highest BCUT2D eigenvalue weighted by molar-refractivity contribution is 7.19. The molecule has 3 aromatic heterocycles. The molecule has 4 heterocycles. The van der Waals surface area contributed by atoms with E-state index in [1.807, 2.05) is 0 Å². The Hall–Kier alpha value is -2.79. The van der Waals surface area contributed by atoms with Gasteiger partial charge >= 0.3 is 12.5 Å². The lowest BCUT2D eigenvalue weighted by atomic mass is 10.1. The first kappa shape index (κ1) is 19.2. The summed E-state index contributed by atoms with van der Waals surface area (Å²) in [7, 11) is 2.07. The largest absolute Gasteiger partial charge is 0.461 e. The molecule has 30 heavy (non-hydrogen) atoms. The molecule has 0 bridgehead atoms. The van der Waals surface area contributed by atoms with Gasteiger partial charge in [0.2, 0.25) is 0 Å². The van der Waals surface area contributed by atoms with Crippen molar-refractivity contribution in [3.63, 3.8) is 0 Å². The number of nitrogens with zero attached hydrogens (tertiary/aromatic N) is 5. The second-order valence-electron chi connectivity index (χ2n) is 7.11. The van der Waals surface area contributed by atoms with Gasteiger partial charge in [-0.25, -0.2) is 14.5 Å². The Labute approximate surface area is 171 Å². The molecule has 0 atom stereocenters. The number of alkyl halides is 4. The molecule has 0 amide bonds. The van der Waals surface area contributed by atoms with Gasteiger partial charge in [-0.2, -0.15) is 17.6 Å². The number of likely N-dealkylation sites (N-methyl/N-ethyl adjacent to an activating group) is 1. The van der Waals surface area contributed by atoms with Crippen molar-refractivity contribution in [3.05, 3.63) is 41.0 Å². The first-order valence-corrected chi connectivity index (χ1v) is 9.93. The quantitative estimate of drug-likeness (QED) is 0.448. The average molecular weight is 437 g/mol. The van der Waals surface area contributed by atoms with Crippen LogP contribution in [0, 0.1) is 0 Å². The third kappa shape index (κ3) is 3.18. The van der Waals surface area contributed by atoms with E-state index in [1.54, 1.807) is 28.2 Å². The second-order valence-corrected chi connectivity index (χ2v) is 8.20. The minimum absolute atomic E-state index is 0.267. The average Bonchev–Trinajstić information content (AvgIpc) is 3.28. The predicted octanol–water partition coefficient (Wildman–Crippen LogP) is 4.23. The topological polar surface area (TPSA) is 55.6 Å². The summed E-state index contributed by atoms with van der Waals surface area (Å²) in [4.78, 5) is 13.4. The van der Waals surface area contributed by atoms with Gasteiger partial charge in [0.15, 0.2) is 11.5 Å². The summed E-state index contributed by atoms with van der Waals surface area (Å²) in [5, 5.41) is 5.34. The summed E-state index contributed by atoms with van der Waals surface area (Å²) in [6.45, 7) is 1.78. The zero-order chi connectivity index (χ0) is 21.0.